The molecule has 6 heteroatoms. The van der Waals surface area contributed by atoms with Crippen LogP contribution in [0.25, 0.3) is 10.9 Å². The van der Waals surface area contributed by atoms with Crippen LogP contribution in [0.5, 0.6) is 5.75 Å². The zero-order valence-corrected chi connectivity index (χ0v) is 16.5. The summed E-state index contributed by atoms with van der Waals surface area (Å²) >= 11 is 0. The summed E-state index contributed by atoms with van der Waals surface area (Å²) in [5.41, 5.74) is 4.49. The average Bonchev–Trinajstić information content (AvgIpc) is 3.10. The maximum absolute atomic E-state index is 12.3. The van der Waals surface area contributed by atoms with Gasteiger partial charge in [0.2, 0.25) is 0 Å². The molecule has 1 aromatic carbocycles. The lowest BCUT2D eigenvalue weighted by Crippen LogP contribution is -2.51. The Hall–Kier alpha value is -2.47. The second kappa shape index (κ2) is 6.55. The fraction of sp³-hybridized carbons (Fsp3) is 0.500. The Balaban J connectivity index is 1.54. The van der Waals surface area contributed by atoms with E-state index in [1.54, 1.807) is 13.4 Å². The maximum atomic E-state index is 12.3. The number of aromatic nitrogens is 1. The predicted octanol–water partition coefficient (Wildman–Crippen LogP) is 3.19. The number of benzene rings is 1. The standard InChI is InChI=1S/C22H26N2O4/c1-12-17-10-24-7-6-15-14-5-4-13(26-2)8-19(14)23-21(15)20(24)9-16(17)18(11-28-12)22(25)27-3/h4-5,8,11-12,16-17,20,23H,6-7,9-10H2,1-3H3/t12?,16-,17?,20-/m1/s1. The number of nitrogens with one attached hydrogen (secondary N) is 1. The lowest BCUT2D eigenvalue weighted by atomic mass is 9.72. The molecule has 148 valence electrons. The lowest BCUT2D eigenvalue weighted by Gasteiger charge is -2.49. The lowest BCUT2D eigenvalue weighted by molar-refractivity contribution is -0.139. The predicted molar refractivity (Wildman–Crippen MR) is 105 cm³/mol. The van der Waals surface area contributed by atoms with Crippen molar-refractivity contribution >= 4 is 16.9 Å². The number of ether oxygens (including phenoxy) is 3. The number of rotatable bonds is 2. The summed E-state index contributed by atoms with van der Waals surface area (Å²) in [6.07, 6.45) is 3.67. The van der Waals surface area contributed by atoms with Crippen LogP contribution in [0, 0.1) is 11.8 Å². The Morgan fingerprint density at radius 1 is 1.32 bits per heavy atom. The molecule has 28 heavy (non-hydrogen) atoms. The van der Waals surface area contributed by atoms with Crippen molar-refractivity contribution in [3.05, 3.63) is 41.3 Å². The highest BCUT2D eigenvalue weighted by Crippen LogP contribution is 2.47. The molecule has 0 amide bonds. The van der Waals surface area contributed by atoms with Crippen LogP contribution >= 0.6 is 0 Å². The number of fused-ring (bicyclic) bond motifs is 6. The average molecular weight is 382 g/mol. The molecule has 3 aliphatic rings. The normalized spacial score (nSPS) is 29.2. The van der Waals surface area contributed by atoms with Gasteiger partial charge in [-0.15, -0.1) is 0 Å². The summed E-state index contributed by atoms with van der Waals surface area (Å²) in [4.78, 5) is 18.6. The Kier molecular flexibility index (Phi) is 4.12. The molecule has 4 heterocycles. The van der Waals surface area contributed by atoms with E-state index >= 15 is 0 Å². The molecular weight excluding hydrogens is 356 g/mol. The molecule has 0 spiro atoms. The fourth-order valence-corrected chi connectivity index (χ4v) is 5.35. The number of carbonyl (C=O) groups excluding carboxylic acids is 1. The summed E-state index contributed by atoms with van der Waals surface area (Å²) in [5, 5.41) is 1.28. The largest absolute Gasteiger partial charge is 0.497 e. The first-order valence-corrected chi connectivity index (χ1v) is 9.97. The van der Waals surface area contributed by atoms with Crippen molar-refractivity contribution in [2.45, 2.75) is 31.9 Å². The third-order valence-electron chi connectivity index (χ3n) is 6.84. The molecule has 0 radical (unpaired) electrons. The quantitative estimate of drug-likeness (QED) is 0.809. The number of hydrogen-bond acceptors (Lipinski definition) is 5. The van der Waals surface area contributed by atoms with Gasteiger partial charge in [0, 0.05) is 47.6 Å². The first-order valence-electron chi connectivity index (χ1n) is 9.97. The van der Waals surface area contributed by atoms with Crippen molar-refractivity contribution in [3.8, 4) is 5.75 Å². The highest BCUT2D eigenvalue weighted by Gasteiger charge is 2.46. The number of aromatic amines is 1. The van der Waals surface area contributed by atoms with Gasteiger partial charge in [0.15, 0.2) is 0 Å². The van der Waals surface area contributed by atoms with Gasteiger partial charge in [-0.25, -0.2) is 4.79 Å². The van der Waals surface area contributed by atoms with Crippen LogP contribution in [0.3, 0.4) is 0 Å². The summed E-state index contributed by atoms with van der Waals surface area (Å²) in [7, 11) is 3.13. The van der Waals surface area contributed by atoms with Crippen LogP contribution in [0.1, 0.15) is 30.6 Å². The number of hydrogen-bond donors (Lipinski definition) is 1. The van der Waals surface area contributed by atoms with Gasteiger partial charge < -0.3 is 19.2 Å². The van der Waals surface area contributed by atoms with E-state index in [4.69, 9.17) is 14.2 Å². The van der Waals surface area contributed by atoms with Gasteiger partial charge in [0.1, 0.15) is 5.75 Å². The molecule has 1 fully saturated rings. The molecule has 2 unspecified atom stereocenters. The molecule has 6 nitrogen and oxygen atoms in total. The highest BCUT2D eigenvalue weighted by atomic mass is 16.5. The Morgan fingerprint density at radius 2 is 2.18 bits per heavy atom. The van der Waals surface area contributed by atoms with Crippen molar-refractivity contribution in [1.29, 1.82) is 0 Å². The SMILES string of the molecule is COC(=O)C1=COC(C)C2CN3CCc4c([nH]c5cc(OC)ccc45)[C@H]3C[C@@H]12. The van der Waals surface area contributed by atoms with Crippen LogP contribution in [0.2, 0.25) is 0 Å². The summed E-state index contributed by atoms with van der Waals surface area (Å²) < 4.78 is 16.2. The number of H-pyrrole nitrogens is 1. The van der Waals surface area contributed by atoms with Crippen molar-refractivity contribution in [3.63, 3.8) is 0 Å². The van der Waals surface area contributed by atoms with Crippen LogP contribution in [0.15, 0.2) is 30.0 Å². The number of nitrogens with zero attached hydrogens (tertiary/aromatic N) is 1. The molecular formula is C22H26N2O4. The molecule has 3 aliphatic heterocycles. The van der Waals surface area contributed by atoms with Crippen LogP contribution in [-0.4, -0.2) is 49.3 Å². The minimum absolute atomic E-state index is 0.104. The monoisotopic (exact) mass is 382 g/mol. The topological polar surface area (TPSA) is 63.8 Å². The molecule has 1 aromatic heterocycles. The van der Waals surface area contributed by atoms with E-state index in [0.29, 0.717) is 11.5 Å². The van der Waals surface area contributed by atoms with E-state index in [1.807, 2.05) is 6.07 Å². The third-order valence-corrected chi connectivity index (χ3v) is 6.84. The summed E-state index contributed by atoms with van der Waals surface area (Å²) in [6.45, 7) is 4.07. The molecule has 5 rings (SSSR count). The second-order valence-electron chi connectivity index (χ2n) is 8.10. The molecule has 0 saturated carbocycles. The molecule has 1 N–H and O–H groups in total. The van der Waals surface area contributed by atoms with E-state index < -0.39 is 0 Å². The maximum Gasteiger partial charge on any atom is 0.337 e. The van der Waals surface area contributed by atoms with Gasteiger partial charge in [-0.05, 0) is 37.5 Å². The highest BCUT2D eigenvalue weighted by molar-refractivity contribution is 5.89. The Bertz CT molecular complexity index is 963. The van der Waals surface area contributed by atoms with Crippen LogP contribution < -0.4 is 4.74 Å². The van der Waals surface area contributed by atoms with Gasteiger partial charge in [-0.1, -0.05) is 0 Å². The molecule has 2 aromatic rings. The van der Waals surface area contributed by atoms with Crippen molar-refractivity contribution in [1.82, 2.24) is 9.88 Å². The minimum atomic E-state index is -0.271. The van der Waals surface area contributed by atoms with Crippen molar-refractivity contribution in [2.75, 3.05) is 27.3 Å². The van der Waals surface area contributed by atoms with Gasteiger partial charge in [0.05, 0.1) is 38.2 Å². The second-order valence-corrected chi connectivity index (χ2v) is 8.10. The number of carbonyl (C=O) groups is 1. The first-order chi connectivity index (χ1) is 13.6. The van der Waals surface area contributed by atoms with Crippen molar-refractivity contribution in [2.24, 2.45) is 11.8 Å². The van der Waals surface area contributed by atoms with E-state index in [1.165, 1.54) is 23.8 Å². The van der Waals surface area contributed by atoms with Gasteiger partial charge in [-0.3, -0.25) is 4.90 Å². The van der Waals surface area contributed by atoms with Crippen LogP contribution in [-0.2, 0) is 20.7 Å². The van der Waals surface area contributed by atoms with Gasteiger partial charge >= 0.3 is 5.97 Å². The summed E-state index contributed by atoms with van der Waals surface area (Å²) in [5.74, 6) is 1.05. The summed E-state index contributed by atoms with van der Waals surface area (Å²) in [6, 6.07) is 6.53. The number of esters is 1. The minimum Gasteiger partial charge on any atom is -0.497 e. The van der Waals surface area contributed by atoms with E-state index in [2.05, 4.69) is 28.9 Å². The first kappa shape index (κ1) is 17.6. The van der Waals surface area contributed by atoms with Crippen LogP contribution in [0.4, 0.5) is 0 Å². The molecule has 0 bridgehead atoms. The van der Waals surface area contributed by atoms with Gasteiger partial charge in [-0.2, -0.15) is 0 Å². The van der Waals surface area contributed by atoms with E-state index in [0.717, 1.165) is 37.2 Å². The molecule has 0 aliphatic carbocycles. The fourth-order valence-electron chi connectivity index (χ4n) is 5.35. The Labute approximate surface area is 164 Å². The number of piperidine rings is 1. The Morgan fingerprint density at radius 3 is 2.96 bits per heavy atom. The zero-order chi connectivity index (χ0) is 19.4. The molecule has 1 saturated heterocycles. The third kappa shape index (κ3) is 2.54. The smallest absolute Gasteiger partial charge is 0.337 e. The van der Waals surface area contributed by atoms with Gasteiger partial charge in [0.25, 0.3) is 0 Å². The van der Waals surface area contributed by atoms with Crippen molar-refractivity contribution < 1.29 is 19.0 Å². The van der Waals surface area contributed by atoms with E-state index in [-0.39, 0.29) is 24.0 Å². The number of methoxy groups -OCH3 is 2. The van der Waals surface area contributed by atoms with E-state index in [9.17, 15) is 4.79 Å². The zero-order valence-electron chi connectivity index (χ0n) is 16.5. The molecule has 4 atom stereocenters.